The highest BCUT2D eigenvalue weighted by Gasteiger charge is 2.15. The number of hydrogen-bond donors (Lipinski definition) is 0. The van der Waals surface area contributed by atoms with Crippen molar-refractivity contribution in [1.82, 2.24) is 9.97 Å². The maximum Gasteiger partial charge on any atom is 0.308 e. The van der Waals surface area contributed by atoms with E-state index in [0.717, 1.165) is 21.1 Å². The molecule has 0 radical (unpaired) electrons. The summed E-state index contributed by atoms with van der Waals surface area (Å²) in [4.78, 5) is 20.4. The maximum absolute atomic E-state index is 11.3. The second-order valence-corrected chi connectivity index (χ2v) is 5.36. The van der Waals surface area contributed by atoms with Crippen molar-refractivity contribution in [3.8, 4) is 5.75 Å². The maximum atomic E-state index is 11.3. The number of rotatable bonds is 1. The number of ether oxygens (including phenoxy) is 1. The summed E-state index contributed by atoms with van der Waals surface area (Å²) in [6.07, 6.45) is 0. The molecule has 4 nitrogen and oxygen atoms in total. The third-order valence-corrected chi connectivity index (χ3v) is 3.56. The Morgan fingerprint density at radius 3 is 2.35 bits per heavy atom. The first-order valence-electron chi connectivity index (χ1n) is 6.10. The van der Waals surface area contributed by atoms with E-state index >= 15 is 0 Å². The molecule has 5 heteroatoms. The number of carbonyl (C=O) groups is 1. The van der Waals surface area contributed by atoms with E-state index in [1.165, 1.54) is 6.92 Å². The zero-order valence-corrected chi connectivity index (χ0v) is 12.6. The molecule has 100 valence electrons. The number of benzene rings is 2. The minimum Gasteiger partial charge on any atom is -0.424 e. The number of aryl methyl sites for hydroxylation is 1. The van der Waals surface area contributed by atoms with Gasteiger partial charge < -0.3 is 4.74 Å². The van der Waals surface area contributed by atoms with E-state index in [-0.39, 0.29) is 5.97 Å². The third-order valence-electron chi connectivity index (χ3n) is 2.96. The molecule has 0 aliphatic heterocycles. The lowest BCUT2D eigenvalue weighted by atomic mass is 10.1. The molecule has 20 heavy (non-hydrogen) atoms. The quantitative estimate of drug-likeness (QED) is 0.387. The fourth-order valence-electron chi connectivity index (χ4n) is 2.11. The smallest absolute Gasteiger partial charge is 0.308 e. The molecule has 0 fully saturated rings. The van der Waals surface area contributed by atoms with Crippen molar-refractivity contribution in [2.75, 3.05) is 0 Å². The first-order chi connectivity index (χ1) is 9.56. The molecule has 0 aliphatic carbocycles. The van der Waals surface area contributed by atoms with Crippen LogP contribution in [0.4, 0.5) is 0 Å². The van der Waals surface area contributed by atoms with Gasteiger partial charge in [-0.3, -0.25) is 4.79 Å². The molecule has 0 unspecified atom stereocenters. The average molecular weight is 331 g/mol. The summed E-state index contributed by atoms with van der Waals surface area (Å²) in [6.45, 7) is 3.25. The van der Waals surface area contributed by atoms with Gasteiger partial charge in [-0.25, -0.2) is 9.97 Å². The van der Waals surface area contributed by atoms with Crippen molar-refractivity contribution >= 4 is 44.0 Å². The lowest BCUT2D eigenvalue weighted by Crippen LogP contribution is -2.05. The van der Waals surface area contributed by atoms with Gasteiger partial charge in [0, 0.05) is 11.4 Å². The van der Waals surface area contributed by atoms with Crippen molar-refractivity contribution < 1.29 is 9.53 Å². The number of nitrogens with zero attached hydrogens (tertiary/aromatic N) is 2. The van der Waals surface area contributed by atoms with Crippen molar-refractivity contribution in [1.29, 1.82) is 0 Å². The molecule has 0 bridgehead atoms. The fourth-order valence-corrected chi connectivity index (χ4v) is 2.73. The Balaban J connectivity index is 2.43. The molecule has 0 saturated heterocycles. The van der Waals surface area contributed by atoms with Crippen LogP contribution in [0, 0.1) is 6.92 Å². The summed E-state index contributed by atoms with van der Waals surface area (Å²) in [5.41, 5.74) is 3.68. The molecule has 3 aromatic rings. The molecule has 0 spiro atoms. The fraction of sp³-hybridized carbons (Fsp3) is 0.133. The number of fused-ring (bicyclic) bond motifs is 2. The van der Waals surface area contributed by atoms with Crippen LogP contribution < -0.4 is 4.74 Å². The van der Waals surface area contributed by atoms with Gasteiger partial charge in [0.15, 0.2) is 5.75 Å². The number of halogens is 1. The van der Waals surface area contributed by atoms with Crippen LogP contribution in [-0.4, -0.2) is 15.9 Å². The van der Waals surface area contributed by atoms with Crippen LogP contribution >= 0.6 is 15.9 Å². The highest BCUT2D eigenvalue weighted by atomic mass is 79.9. The largest absolute Gasteiger partial charge is 0.424 e. The lowest BCUT2D eigenvalue weighted by molar-refractivity contribution is -0.131. The number of aromatic nitrogens is 2. The van der Waals surface area contributed by atoms with Gasteiger partial charge in [-0.2, -0.15) is 0 Å². The zero-order valence-electron chi connectivity index (χ0n) is 11.0. The average Bonchev–Trinajstić information content (AvgIpc) is 2.41. The van der Waals surface area contributed by atoms with E-state index in [0.29, 0.717) is 16.8 Å². The summed E-state index contributed by atoms with van der Waals surface area (Å²) in [7, 11) is 0. The second kappa shape index (κ2) is 4.83. The Bertz CT molecular complexity index is 846. The van der Waals surface area contributed by atoms with Crippen LogP contribution in [0.2, 0.25) is 0 Å². The summed E-state index contributed by atoms with van der Waals surface area (Å²) in [5, 5.41) is 0. The number of para-hydroxylation sites is 2. The van der Waals surface area contributed by atoms with Gasteiger partial charge in [0.2, 0.25) is 0 Å². The first kappa shape index (κ1) is 13.0. The normalized spacial score (nSPS) is 10.9. The molecule has 0 amide bonds. The van der Waals surface area contributed by atoms with E-state index in [2.05, 4.69) is 25.9 Å². The highest BCUT2D eigenvalue weighted by molar-refractivity contribution is 9.10. The summed E-state index contributed by atoms with van der Waals surface area (Å²) in [5.74, 6) is 0.0978. The Labute approximate surface area is 123 Å². The van der Waals surface area contributed by atoms with Crippen LogP contribution in [0.5, 0.6) is 5.75 Å². The highest BCUT2D eigenvalue weighted by Crippen LogP contribution is 2.34. The van der Waals surface area contributed by atoms with E-state index in [9.17, 15) is 4.79 Å². The Morgan fingerprint density at radius 1 is 1.15 bits per heavy atom. The molecule has 3 rings (SSSR count). The molecular formula is C15H11BrN2O2. The minimum atomic E-state index is -0.369. The molecule has 1 aromatic heterocycles. The Morgan fingerprint density at radius 2 is 1.75 bits per heavy atom. The van der Waals surface area contributed by atoms with Crippen LogP contribution in [-0.2, 0) is 4.79 Å². The van der Waals surface area contributed by atoms with Crippen molar-refractivity contribution in [2.45, 2.75) is 13.8 Å². The van der Waals surface area contributed by atoms with E-state index < -0.39 is 0 Å². The minimum absolute atomic E-state index is 0.369. The van der Waals surface area contributed by atoms with E-state index in [1.54, 1.807) is 0 Å². The van der Waals surface area contributed by atoms with Crippen LogP contribution in [0.15, 0.2) is 34.8 Å². The van der Waals surface area contributed by atoms with Crippen molar-refractivity contribution in [3.63, 3.8) is 0 Å². The molecule has 0 aliphatic rings. The molecule has 2 aromatic carbocycles. The Kier molecular flexibility index (Phi) is 3.14. The van der Waals surface area contributed by atoms with Crippen LogP contribution in [0.1, 0.15) is 12.5 Å². The third kappa shape index (κ3) is 2.14. The number of carbonyl (C=O) groups excluding carboxylic acids is 1. The van der Waals surface area contributed by atoms with Gasteiger partial charge in [-0.1, -0.05) is 12.1 Å². The zero-order chi connectivity index (χ0) is 14.3. The molecule has 1 heterocycles. The molecule has 0 atom stereocenters. The van der Waals surface area contributed by atoms with Crippen molar-refractivity contribution in [2.24, 2.45) is 0 Å². The molecule has 0 N–H and O–H groups in total. The summed E-state index contributed by atoms with van der Waals surface area (Å²) >= 11 is 3.49. The van der Waals surface area contributed by atoms with Gasteiger partial charge in [0.05, 0.1) is 11.0 Å². The summed E-state index contributed by atoms with van der Waals surface area (Å²) < 4.78 is 6.13. The monoisotopic (exact) mass is 330 g/mol. The van der Waals surface area contributed by atoms with Gasteiger partial charge in [0.1, 0.15) is 11.0 Å². The van der Waals surface area contributed by atoms with E-state index in [1.807, 2.05) is 37.3 Å². The van der Waals surface area contributed by atoms with Gasteiger partial charge in [0.25, 0.3) is 0 Å². The number of hydrogen-bond acceptors (Lipinski definition) is 4. The molecular weight excluding hydrogens is 320 g/mol. The van der Waals surface area contributed by atoms with E-state index in [4.69, 9.17) is 4.74 Å². The molecule has 0 saturated carbocycles. The van der Waals surface area contributed by atoms with Gasteiger partial charge in [-0.05, 0) is 46.6 Å². The SMILES string of the molecule is CC(=O)Oc1c(C)cc(Br)c2nc3ccccc3nc12. The predicted octanol–water partition coefficient (Wildman–Crippen LogP) is 3.78. The first-order valence-corrected chi connectivity index (χ1v) is 6.89. The van der Waals surface area contributed by atoms with Crippen LogP contribution in [0.3, 0.4) is 0 Å². The van der Waals surface area contributed by atoms with Gasteiger partial charge >= 0.3 is 5.97 Å². The van der Waals surface area contributed by atoms with Gasteiger partial charge in [-0.15, -0.1) is 0 Å². The summed E-state index contributed by atoms with van der Waals surface area (Å²) in [6, 6.07) is 9.48. The standard InChI is InChI=1S/C15H11BrN2O2/c1-8-7-10(16)13-14(15(8)20-9(2)19)18-12-6-4-3-5-11(12)17-13/h3-7H,1-2H3. The lowest BCUT2D eigenvalue weighted by Gasteiger charge is -2.10. The predicted molar refractivity (Wildman–Crippen MR) is 80.8 cm³/mol. The number of esters is 1. The van der Waals surface area contributed by atoms with Crippen molar-refractivity contribution in [3.05, 3.63) is 40.4 Å². The second-order valence-electron chi connectivity index (χ2n) is 4.51. The topological polar surface area (TPSA) is 52.1 Å². The Hall–Kier alpha value is -2.01. The van der Waals surface area contributed by atoms with Crippen LogP contribution in [0.25, 0.3) is 22.1 Å².